The van der Waals surface area contributed by atoms with Crippen molar-refractivity contribution in [2.75, 3.05) is 12.3 Å². The Morgan fingerprint density at radius 1 is 1.44 bits per heavy atom. The maximum absolute atomic E-state index is 11.3. The van der Waals surface area contributed by atoms with Crippen molar-refractivity contribution in [3.8, 4) is 11.8 Å². The van der Waals surface area contributed by atoms with E-state index < -0.39 is 11.7 Å². The number of nitrogen functional groups attached to an aromatic ring is 1. The van der Waals surface area contributed by atoms with E-state index in [0.29, 0.717) is 5.69 Å². The fraction of sp³-hybridized carbons (Fsp3) is 0.357. The van der Waals surface area contributed by atoms with Gasteiger partial charge in [-0.25, -0.2) is 4.79 Å². The van der Waals surface area contributed by atoms with Crippen molar-refractivity contribution >= 4 is 11.8 Å². The fourth-order valence-electron chi connectivity index (χ4n) is 1.19. The lowest BCUT2D eigenvalue weighted by Crippen LogP contribution is -2.32. The standard InChI is InChI=1S/C14H18N2O2/c1-14(2,3)18-13(17)16-9-5-7-11-6-4-8-12(15)10-11/h4,6,8,10H,9,15H2,1-3H3,(H,16,17). The highest BCUT2D eigenvalue weighted by Gasteiger charge is 2.14. The highest BCUT2D eigenvalue weighted by molar-refractivity contribution is 5.68. The van der Waals surface area contributed by atoms with Gasteiger partial charge in [-0.2, -0.15) is 0 Å². The van der Waals surface area contributed by atoms with E-state index >= 15 is 0 Å². The van der Waals surface area contributed by atoms with Crippen LogP contribution in [0.4, 0.5) is 10.5 Å². The van der Waals surface area contributed by atoms with Crippen LogP contribution < -0.4 is 11.1 Å². The molecule has 0 aliphatic rings. The van der Waals surface area contributed by atoms with Gasteiger partial charge in [0.15, 0.2) is 0 Å². The number of nitrogens with two attached hydrogens (primary N) is 1. The molecule has 0 heterocycles. The number of carbonyl (C=O) groups excluding carboxylic acids is 1. The van der Waals surface area contributed by atoms with E-state index in [1.54, 1.807) is 12.1 Å². The van der Waals surface area contributed by atoms with Crippen molar-refractivity contribution in [1.29, 1.82) is 0 Å². The third-order valence-electron chi connectivity index (χ3n) is 1.84. The van der Waals surface area contributed by atoms with Crippen LogP contribution in [0.25, 0.3) is 0 Å². The summed E-state index contributed by atoms with van der Waals surface area (Å²) in [6, 6.07) is 7.27. The molecule has 1 aromatic carbocycles. The predicted molar refractivity (Wildman–Crippen MR) is 72.0 cm³/mol. The lowest BCUT2D eigenvalue weighted by atomic mass is 10.2. The molecular formula is C14H18N2O2. The zero-order valence-corrected chi connectivity index (χ0v) is 10.9. The zero-order chi connectivity index (χ0) is 13.6. The van der Waals surface area contributed by atoms with Crippen molar-refractivity contribution in [2.24, 2.45) is 0 Å². The Hall–Kier alpha value is -2.15. The van der Waals surface area contributed by atoms with Crippen LogP contribution in [0.1, 0.15) is 26.3 Å². The van der Waals surface area contributed by atoms with Gasteiger partial charge in [-0.05, 0) is 39.0 Å². The molecule has 1 rings (SSSR count). The van der Waals surface area contributed by atoms with Gasteiger partial charge in [-0.3, -0.25) is 0 Å². The van der Waals surface area contributed by atoms with E-state index in [4.69, 9.17) is 10.5 Å². The van der Waals surface area contributed by atoms with Gasteiger partial charge in [0.05, 0.1) is 6.54 Å². The highest BCUT2D eigenvalue weighted by Crippen LogP contribution is 2.06. The van der Waals surface area contributed by atoms with E-state index in [9.17, 15) is 4.79 Å². The Bertz CT molecular complexity index is 479. The number of anilines is 1. The number of rotatable bonds is 1. The zero-order valence-electron chi connectivity index (χ0n) is 10.9. The van der Waals surface area contributed by atoms with Crippen molar-refractivity contribution in [2.45, 2.75) is 26.4 Å². The molecule has 0 spiro atoms. The van der Waals surface area contributed by atoms with E-state index in [-0.39, 0.29) is 6.54 Å². The molecule has 4 heteroatoms. The lowest BCUT2D eigenvalue weighted by Gasteiger charge is -2.18. The number of carbonyl (C=O) groups is 1. The summed E-state index contributed by atoms with van der Waals surface area (Å²) in [4.78, 5) is 11.3. The van der Waals surface area contributed by atoms with E-state index in [2.05, 4.69) is 17.2 Å². The molecule has 0 saturated carbocycles. The highest BCUT2D eigenvalue weighted by atomic mass is 16.6. The number of alkyl carbamates (subject to hydrolysis) is 1. The molecule has 0 bridgehead atoms. The summed E-state index contributed by atoms with van der Waals surface area (Å²) in [5.74, 6) is 5.73. The molecule has 0 radical (unpaired) electrons. The first kappa shape index (κ1) is 13.9. The van der Waals surface area contributed by atoms with Gasteiger partial charge in [-0.15, -0.1) is 0 Å². The minimum Gasteiger partial charge on any atom is -0.444 e. The Labute approximate surface area is 108 Å². The predicted octanol–water partition coefficient (Wildman–Crippen LogP) is 2.15. The number of hydrogen-bond donors (Lipinski definition) is 2. The van der Waals surface area contributed by atoms with Crippen molar-refractivity contribution in [3.63, 3.8) is 0 Å². The van der Waals surface area contributed by atoms with Gasteiger partial charge >= 0.3 is 6.09 Å². The number of hydrogen-bond acceptors (Lipinski definition) is 3. The number of benzene rings is 1. The van der Waals surface area contributed by atoms with Crippen LogP contribution in [0, 0.1) is 11.8 Å². The van der Waals surface area contributed by atoms with Crippen molar-refractivity contribution in [1.82, 2.24) is 5.32 Å². The summed E-state index contributed by atoms with van der Waals surface area (Å²) >= 11 is 0. The van der Waals surface area contributed by atoms with E-state index in [0.717, 1.165) is 5.56 Å². The second-order valence-electron chi connectivity index (χ2n) is 4.78. The lowest BCUT2D eigenvalue weighted by molar-refractivity contribution is 0.0535. The van der Waals surface area contributed by atoms with Crippen LogP contribution in [-0.2, 0) is 4.74 Å². The molecule has 0 atom stereocenters. The third-order valence-corrected chi connectivity index (χ3v) is 1.84. The van der Waals surface area contributed by atoms with Gasteiger partial charge in [0, 0.05) is 11.3 Å². The topological polar surface area (TPSA) is 64.3 Å². The fourth-order valence-corrected chi connectivity index (χ4v) is 1.19. The van der Waals surface area contributed by atoms with Crippen LogP contribution in [0.3, 0.4) is 0 Å². The van der Waals surface area contributed by atoms with Crippen LogP contribution in [0.15, 0.2) is 24.3 Å². The third kappa shape index (κ3) is 5.80. The second-order valence-corrected chi connectivity index (χ2v) is 4.78. The molecule has 18 heavy (non-hydrogen) atoms. The molecule has 0 saturated heterocycles. The number of ether oxygens (including phenoxy) is 1. The quantitative estimate of drug-likeness (QED) is 0.589. The van der Waals surface area contributed by atoms with Gasteiger partial charge < -0.3 is 15.8 Å². The summed E-state index contributed by atoms with van der Waals surface area (Å²) in [7, 11) is 0. The van der Waals surface area contributed by atoms with Crippen molar-refractivity contribution < 1.29 is 9.53 Å². The summed E-state index contributed by atoms with van der Waals surface area (Å²) in [5.41, 5.74) is 6.62. The maximum Gasteiger partial charge on any atom is 0.408 e. The van der Waals surface area contributed by atoms with Crippen LogP contribution in [0.5, 0.6) is 0 Å². The first-order valence-electron chi connectivity index (χ1n) is 5.68. The van der Waals surface area contributed by atoms with Crippen LogP contribution in [0.2, 0.25) is 0 Å². The number of nitrogens with one attached hydrogen (secondary N) is 1. The maximum atomic E-state index is 11.3. The molecule has 96 valence electrons. The van der Waals surface area contributed by atoms with Gasteiger partial charge in [0.2, 0.25) is 0 Å². The summed E-state index contributed by atoms with van der Waals surface area (Å²) in [6.45, 7) is 5.67. The molecule has 0 fully saturated rings. The summed E-state index contributed by atoms with van der Waals surface area (Å²) in [6.07, 6.45) is -0.468. The SMILES string of the molecule is CC(C)(C)OC(=O)NCC#Cc1cccc(N)c1. The molecule has 4 nitrogen and oxygen atoms in total. The molecule has 1 aromatic rings. The molecule has 1 amide bonds. The summed E-state index contributed by atoms with van der Waals surface area (Å²) in [5, 5.41) is 2.56. The molecule has 0 aromatic heterocycles. The van der Waals surface area contributed by atoms with E-state index in [1.165, 1.54) is 0 Å². The van der Waals surface area contributed by atoms with E-state index in [1.807, 2.05) is 32.9 Å². The molecular weight excluding hydrogens is 228 g/mol. The van der Waals surface area contributed by atoms with Crippen LogP contribution in [-0.4, -0.2) is 18.2 Å². The van der Waals surface area contributed by atoms with Crippen molar-refractivity contribution in [3.05, 3.63) is 29.8 Å². The Morgan fingerprint density at radius 2 is 2.17 bits per heavy atom. The smallest absolute Gasteiger partial charge is 0.408 e. The average Bonchev–Trinajstić information content (AvgIpc) is 2.22. The Morgan fingerprint density at radius 3 is 2.78 bits per heavy atom. The monoisotopic (exact) mass is 246 g/mol. The molecule has 0 aliphatic carbocycles. The largest absolute Gasteiger partial charge is 0.444 e. The first-order valence-corrected chi connectivity index (χ1v) is 5.68. The van der Waals surface area contributed by atoms with Gasteiger partial charge in [0.25, 0.3) is 0 Å². The number of amides is 1. The second kappa shape index (κ2) is 5.97. The summed E-state index contributed by atoms with van der Waals surface area (Å²) < 4.78 is 5.07. The van der Waals surface area contributed by atoms with Gasteiger partial charge in [-0.1, -0.05) is 17.9 Å². The Balaban J connectivity index is 2.41. The van der Waals surface area contributed by atoms with Crippen LogP contribution >= 0.6 is 0 Å². The normalized spacial score (nSPS) is 10.2. The first-order chi connectivity index (χ1) is 8.37. The average molecular weight is 246 g/mol. The Kier molecular flexibility index (Phi) is 4.61. The minimum atomic E-state index is -0.495. The molecule has 3 N–H and O–H groups in total. The molecule has 0 aliphatic heterocycles. The minimum absolute atomic E-state index is 0.240. The molecule has 0 unspecified atom stereocenters. The van der Waals surface area contributed by atoms with Gasteiger partial charge in [0.1, 0.15) is 5.60 Å².